The topological polar surface area (TPSA) is 26.0 Å². The van der Waals surface area contributed by atoms with E-state index in [0.717, 1.165) is 24.3 Å². The number of nitrogens with two attached hydrogens (primary N) is 1. The molecule has 0 spiro atoms. The van der Waals surface area contributed by atoms with Gasteiger partial charge in [-0.1, -0.05) is 17.7 Å². The molecule has 0 saturated heterocycles. The summed E-state index contributed by atoms with van der Waals surface area (Å²) in [5, 5.41) is 0.118. The summed E-state index contributed by atoms with van der Waals surface area (Å²) in [4.78, 5) is 0. The van der Waals surface area contributed by atoms with Crippen LogP contribution in [-0.2, 0) is 0 Å². The fourth-order valence-electron chi connectivity index (χ4n) is 1.69. The van der Waals surface area contributed by atoms with E-state index in [1.54, 1.807) is 0 Å². The number of halogens is 4. The van der Waals surface area contributed by atoms with Crippen molar-refractivity contribution < 1.29 is 13.2 Å². The molecule has 18 heavy (non-hydrogen) atoms. The molecule has 0 aromatic heterocycles. The summed E-state index contributed by atoms with van der Waals surface area (Å²) in [6, 6.07) is 5.86. The van der Waals surface area contributed by atoms with E-state index in [9.17, 15) is 13.2 Å². The summed E-state index contributed by atoms with van der Waals surface area (Å²) < 4.78 is 39.1. The summed E-state index contributed by atoms with van der Waals surface area (Å²) >= 11 is 5.85. The lowest BCUT2D eigenvalue weighted by atomic mass is 9.99. The monoisotopic (exact) mass is 271 g/mol. The van der Waals surface area contributed by atoms with Gasteiger partial charge in [0.15, 0.2) is 0 Å². The standard InChI is InChI=1S/C13H9ClF3N/c14-12-6-8(15)1-2-11(12)13(18)7-3-9(16)5-10(17)4-7/h1-6,13H,18H2. The molecule has 0 aliphatic carbocycles. The minimum atomic E-state index is -0.816. The zero-order chi connectivity index (χ0) is 13.3. The third-order valence-corrected chi connectivity index (χ3v) is 2.87. The Labute approximate surface area is 107 Å². The van der Waals surface area contributed by atoms with Crippen LogP contribution in [0.2, 0.25) is 5.02 Å². The predicted molar refractivity (Wildman–Crippen MR) is 63.8 cm³/mol. The van der Waals surface area contributed by atoms with Crippen LogP contribution in [0.1, 0.15) is 17.2 Å². The molecule has 94 valence electrons. The first-order valence-electron chi connectivity index (χ1n) is 5.14. The van der Waals surface area contributed by atoms with Crippen LogP contribution in [0.15, 0.2) is 36.4 Å². The molecule has 2 aromatic carbocycles. The van der Waals surface area contributed by atoms with Crippen LogP contribution in [-0.4, -0.2) is 0 Å². The van der Waals surface area contributed by atoms with Crippen molar-refractivity contribution in [2.45, 2.75) is 6.04 Å². The van der Waals surface area contributed by atoms with Crippen LogP contribution in [0, 0.1) is 17.5 Å². The Kier molecular flexibility index (Phi) is 3.59. The largest absolute Gasteiger partial charge is 0.320 e. The van der Waals surface area contributed by atoms with E-state index in [-0.39, 0.29) is 10.6 Å². The molecular formula is C13H9ClF3N. The van der Waals surface area contributed by atoms with Crippen LogP contribution in [0.4, 0.5) is 13.2 Å². The highest BCUT2D eigenvalue weighted by molar-refractivity contribution is 6.31. The van der Waals surface area contributed by atoms with E-state index >= 15 is 0 Å². The molecule has 1 atom stereocenters. The first kappa shape index (κ1) is 12.9. The Balaban J connectivity index is 2.44. The fourth-order valence-corrected chi connectivity index (χ4v) is 1.97. The maximum Gasteiger partial charge on any atom is 0.126 e. The van der Waals surface area contributed by atoms with Gasteiger partial charge in [0.1, 0.15) is 17.5 Å². The summed E-state index contributed by atoms with van der Waals surface area (Å²) in [5.41, 5.74) is 6.51. The third-order valence-electron chi connectivity index (χ3n) is 2.54. The Morgan fingerprint density at radius 1 is 0.889 bits per heavy atom. The molecule has 5 heteroatoms. The van der Waals surface area contributed by atoms with Gasteiger partial charge in [-0.25, -0.2) is 13.2 Å². The van der Waals surface area contributed by atoms with Crippen LogP contribution >= 0.6 is 11.6 Å². The van der Waals surface area contributed by atoms with Crippen molar-refractivity contribution in [2.24, 2.45) is 5.73 Å². The van der Waals surface area contributed by atoms with Crippen molar-refractivity contribution in [1.29, 1.82) is 0 Å². The van der Waals surface area contributed by atoms with Gasteiger partial charge in [-0.3, -0.25) is 0 Å². The average Bonchev–Trinajstić information content (AvgIpc) is 2.26. The smallest absolute Gasteiger partial charge is 0.126 e. The van der Waals surface area contributed by atoms with Gasteiger partial charge in [0.05, 0.1) is 6.04 Å². The van der Waals surface area contributed by atoms with E-state index < -0.39 is 23.5 Å². The second-order valence-electron chi connectivity index (χ2n) is 3.85. The molecule has 2 rings (SSSR count). The van der Waals surface area contributed by atoms with Crippen molar-refractivity contribution in [3.63, 3.8) is 0 Å². The highest BCUT2D eigenvalue weighted by atomic mass is 35.5. The highest BCUT2D eigenvalue weighted by Crippen LogP contribution is 2.27. The lowest BCUT2D eigenvalue weighted by molar-refractivity contribution is 0.577. The van der Waals surface area contributed by atoms with Gasteiger partial charge < -0.3 is 5.73 Å². The van der Waals surface area contributed by atoms with E-state index in [1.807, 2.05) is 0 Å². The Morgan fingerprint density at radius 2 is 1.50 bits per heavy atom. The number of benzene rings is 2. The average molecular weight is 272 g/mol. The Morgan fingerprint density at radius 3 is 2.06 bits per heavy atom. The Bertz CT molecular complexity index is 566. The maximum atomic E-state index is 13.1. The SMILES string of the molecule is NC(c1cc(F)cc(F)c1)c1ccc(F)cc1Cl. The number of hydrogen-bond donors (Lipinski definition) is 1. The van der Waals surface area contributed by atoms with E-state index in [1.165, 1.54) is 12.1 Å². The second kappa shape index (κ2) is 5.00. The molecule has 0 bridgehead atoms. The minimum absolute atomic E-state index is 0.118. The molecule has 0 amide bonds. The molecule has 2 N–H and O–H groups in total. The van der Waals surface area contributed by atoms with Crippen molar-refractivity contribution >= 4 is 11.6 Å². The van der Waals surface area contributed by atoms with Gasteiger partial charge in [0, 0.05) is 11.1 Å². The van der Waals surface area contributed by atoms with Gasteiger partial charge in [-0.2, -0.15) is 0 Å². The van der Waals surface area contributed by atoms with Crippen molar-refractivity contribution in [3.05, 3.63) is 70.0 Å². The normalized spacial score (nSPS) is 12.5. The van der Waals surface area contributed by atoms with Gasteiger partial charge in [-0.05, 0) is 35.4 Å². The molecule has 0 saturated carbocycles. The zero-order valence-electron chi connectivity index (χ0n) is 9.13. The van der Waals surface area contributed by atoms with Crippen LogP contribution < -0.4 is 5.73 Å². The Hall–Kier alpha value is -1.52. The molecule has 0 fully saturated rings. The zero-order valence-corrected chi connectivity index (χ0v) is 9.89. The molecule has 0 aliphatic rings. The van der Waals surface area contributed by atoms with Crippen LogP contribution in [0.3, 0.4) is 0 Å². The first-order valence-corrected chi connectivity index (χ1v) is 5.51. The molecule has 0 heterocycles. The quantitative estimate of drug-likeness (QED) is 0.883. The maximum absolute atomic E-state index is 13.1. The molecule has 2 aromatic rings. The predicted octanol–water partition coefficient (Wildman–Crippen LogP) is 3.81. The summed E-state index contributed by atoms with van der Waals surface area (Å²) in [6.07, 6.45) is 0. The first-order chi connectivity index (χ1) is 8.47. The summed E-state index contributed by atoms with van der Waals surface area (Å²) in [7, 11) is 0. The lowest BCUT2D eigenvalue weighted by Crippen LogP contribution is -2.13. The molecular weight excluding hydrogens is 263 g/mol. The van der Waals surface area contributed by atoms with E-state index in [4.69, 9.17) is 17.3 Å². The minimum Gasteiger partial charge on any atom is -0.320 e. The number of hydrogen-bond acceptors (Lipinski definition) is 1. The number of rotatable bonds is 2. The van der Waals surface area contributed by atoms with Crippen molar-refractivity contribution in [1.82, 2.24) is 0 Å². The second-order valence-corrected chi connectivity index (χ2v) is 4.25. The van der Waals surface area contributed by atoms with Crippen molar-refractivity contribution in [3.8, 4) is 0 Å². The molecule has 0 radical (unpaired) electrons. The third kappa shape index (κ3) is 2.66. The van der Waals surface area contributed by atoms with Crippen LogP contribution in [0.25, 0.3) is 0 Å². The molecule has 1 nitrogen and oxygen atoms in total. The highest BCUT2D eigenvalue weighted by Gasteiger charge is 2.15. The van der Waals surface area contributed by atoms with Gasteiger partial charge in [0.25, 0.3) is 0 Å². The van der Waals surface area contributed by atoms with Gasteiger partial charge >= 0.3 is 0 Å². The summed E-state index contributed by atoms with van der Waals surface area (Å²) in [5.74, 6) is -1.95. The van der Waals surface area contributed by atoms with Crippen LogP contribution in [0.5, 0.6) is 0 Å². The molecule has 0 aliphatic heterocycles. The molecule has 1 unspecified atom stereocenters. The van der Waals surface area contributed by atoms with E-state index in [0.29, 0.717) is 5.56 Å². The van der Waals surface area contributed by atoms with Crippen molar-refractivity contribution in [2.75, 3.05) is 0 Å². The summed E-state index contributed by atoms with van der Waals surface area (Å²) in [6.45, 7) is 0. The fraction of sp³-hybridized carbons (Fsp3) is 0.0769. The van der Waals surface area contributed by atoms with E-state index in [2.05, 4.69) is 0 Å². The lowest BCUT2D eigenvalue weighted by Gasteiger charge is -2.14. The van der Waals surface area contributed by atoms with Gasteiger partial charge in [0.2, 0.25) is 0 Å². The van der Waals surface area contributed by atoms with Gasteiger partial charge in [-0.15, -0.1) is 0 Å².